The van der Waals surface area contributed by atoms with E-state index in [0.29, 0.717) is 15.6 Å². The number of carboxylic acids is 1. The van der Waals surface area contributed by atoms with Crippen LogP contribution in [-0.2, 0) is 10.3 Å². The molecule has 1 aromatic carbocycles. The number of halogens is 2. The van der Waals surface area contributed by atoms with Crippen molar-refractivity contribution in [2.45, 2.75) is 12.5 Å². The quantitative estimate of drug-likeness (QED) is 0.864. The van der Waals surface area contributed by atoms with E-state index in [1.807, 2.05) is 0 Å². The number of likely N-dealkylation sites (N-methyl/N-ethyl adjacent to an activating group) is 1. The minimum atomic E-state index is -1.21. The van der Waals surface area contributed by atoms with Crippen LogP contribution in [0, 0.1) is 0 Å². The van der Waals surface area contributed by atoms with Gasteiger partial charge >= 0.3 is 5.97 Å². The summed E-state index contributed by atoms with van der Waals surface area (Å²) in [7, 11) is 1.57. The molecule has 0 saturated heterocycles. The number of carbonyl (C=O) groups is 1. The van der Waals surface area contributed by atoms with Gasteiger partial charge in [-0.1, -0.05) is 29.3 Å². The molecule has 0 aliphatic carbocycles. The predicted octanol–water partition coefficient (Wildman–Crippen LogP) is 2.51. The predicted molar refractivity (Wildman–Crippen MR) is 60.5 cm³/mol. The summed E-state index contributed by atoms with van der Waals surface area (Å²) < 4.78 is 0. The molecule has 0 spiro atoms. The van der Waals surface area contributed by atoms with Gasteiger partial charge in [0, 0.05) is 15.6 Å². The Bertz CT molecular complexity index is 395. The Hall–Kier alpha value is -0.770. The molecule has 0 aliphatic rings. The van der Waals surface area contributed by atoms with Crippen molar-refractivity contribution in [3.8, 4) is 0 Å². The van der Waals surface area contributed by atoms with Crippen LogP contribution < -0.4 is 5.32 Å². The molecule has 0 bridgehead atoms. The molecule has 15 heavy (non-hydrogen) atoms. The fourth-order valence-corrected chi connectivity index (χ4v) is 1.85. The molecule has 3 nitrogen and oxygen atoms in total. The third-order valence-corrected chi connectivity index (χ3v) is 2.95. The summed E-state index contributed by atoms with van der Waals surface area (Å²) in [5, 5.41) is 12.7. The van der Waals surface area contributed by atoms with Crippen LogP contribution in [0.15, 0.2) is 18.2 Å². The second kappa shape index (κ2) is 4.39. The molecule has 0 saturated carbocycles. The van der Waals surface area contributed by atoms with Crippen LogP contribution in [0.1, 0.15) is 12.5 Å². The van der Waals surface area contributed by atoms with Crippen LogP contribution >= 0.6 is 23.2 Å². The minimum Gasteiger partial charge on any atom is -0.480 e. The maximum Gasteiger partial charge on any atom is 0.328 e. The van der Waals surface area contributed by atoms with Crippen molar-refractivity contribution >= 4 is 29.2 Å². The fraction of sp³-hybridized carbons (Fsp3) is 0.300. The van der Waals surface area contributed by atoms with Gasteiger partial charge in [-0.3, -0.25) is 0 Å². The first-order valence-electron chi connectivity index (χ1n) is 4.29. The molecule has 0 aromatic heterocycles. The molecule has 2 N–H and O–H groups in total. The Morgan fingerprint density at radius 1 is 1.47 bits per heavy atom. The van der Waals surface area contributed by atoms with Crippen LogP contribution in [0.5, 0.6) is 0 Å². The molecule has 1 rings (SSSR count). The van der Waals surface area contributed by atoms with Crippen LogP contribution in [0.3, 0.4) is 0 Å². The van der Waals surface area contributed by atoms with E-state index in [0.717, 1.165) is 0 Å². The summed E-state index contributed by atoms with van der Waals surface area (Å²) in [6, 6.07) is 4.74. The summed E-state index contributed by atoms with van der Waals surface area (Å²) in [6.07, 6.45) is 0. The number of hydrogen-bond donors (Lipinski definition) is 2. The zero-order chi connectivity index (χ0) is 11.6. The fourth-order valence-electron chi connectivity index (χ4n) is 1.25. The number of rotatable bonds is 3. The molecular formula is C10H11Cl2NO2. The van der Waals surface area contributed by atoms with Gasteiger partial charge in [0.05, 0.1) is 0 Å². The monoisotopic (exact) mass is 247 g/mol. The van der Waals surface area contributed by atoms with E-state index in [4.69, 9.17) is 28.3 Å². The second-order valence-corrected chi connectivity index (χ2v) is 4.15. The number of carboxylic acid groups (broad SMARTS) is 1. The van der Waals surface area contributed by atoms with Gasteiger partial charge in [-0.15, -0.1) is 0 Å². The Labute approximate surface area is 98.0 Å². The molecule has 0 aliphatic heterocycles. The SMILES string of the molecule is CN[C@](C)(C(=O)O)c1ccc(Cl)cc1Cl. The van der Waals surface area contributed by atoms with Gasteiger partial charge in [-0.25, -0.2) is 4.79 Å². The first kappa shape index (κ1) is 12.3. The van der Waals surface area contributed by atoms with Gasteiger partial charge < -0.3 is 10.4 Å². The summed E-state index contributed by atoms with van der Waals surface area (Å²) in [4.78, 5) is 11.1. The van der Waals surface area contributed by atoms with Crippen molar-refractivity contribution in [3.63, 3.8) is 0 Å². The lowest BCUT2D eigenvalue weighted by atomic mass is 9.92. The molecule has 0 radical (unpaired) electrons. The molecule has 0 amide bonds. The smallest absolute Gasteiger partial charge is 0.328 e. The largest absolute Gasteiger partial charge is 0.480 e. The molecule has 1 aromatic rings. The number of benzene rings is 1. The van der Waals surface area contributed by atoms with E-state index in [9.17, 15) is 4.79 Å². The van der Waals surface area contributed by atoms with Gasteiger partial charge in [-0.05, 0) is 26.1 Å². The van der Waals surface area contributed by atoms with Crippen molar-refractivity contribution in [1.82, 2.24) is 5.32 Å². The third kappa shape index (κ3) is 2.25. The molecule has 82 valence electrons. The van der Waals surface area contributed by atoms with Crippen molar-refractivity contribution in [2.75, 3.05) is 7.05 Å². The second-order valence-electron chi connectivity index (χ2n) is 3.30. The number of nitrogens with one attached hydrogen (secondary N) is 1. The highest BCUT2D eigenvalue weighted by Crippen LogP contribution is 2.30. The molecular weight excluding hydrogens is 237 g/mol. The molecule has 0 unspecified atom stereocenters. The Morgan fingerprint density at radius 2 is 2.07 bits per heavy atom. The van der Waals surface area contributed by atoms with Crippen LogP contribution in [0.25, 0.3) is 0 Å². The van der Waals surface area contributed by atoms with E-state index >= 15 is 0 Å². The average Bonchev–Trinajstić information content (AvgIpc) is 2.16. The van der Waals surface area contributed by atoms with Crippen LogP contribution in [-0.4, -0.2) is 18.1 Å². The highest BCUT2D eigenvalue weighted by Gasteiger charge is 2.35. The topological polar surface area (TPSA) is 49.3 Å². The standard InChI is InChI=1S/C10H11Cl2NO2/c1-10(13-2,9(14)15)7-4-3-6(11)5-8(7)12/h3-5,13H,1-2H3,(H,14,15)/t10-/m0/s1. The summed E-state index contributed by atoms with van der Waals surface area (Å²) in [6.45, 7) is 1.55. The lowest BCUT2D eigenvalue weighted by molar-refractivity contribution is -0.144. The Morgan fingerprint density at radius 3 is 2.47 bits per heavy atom. The average molecular weight is 248 g/mol. The van der Waals surface area contributed by atoms with Gasteiger partial charge in [0.1, 0.15) is 5.54 Å². The van der Waals surface area contributed by atoms with E-state index in [1.54, 1.807) is 26.1 Å². The van der Waals surface area contributed by atoms with Crippen molar-refractivity contribution < 1.29 is 9.90 Å². The van der Waals surface area contributed by atoms with Crippen LogP contribution in [0.4, 0.5) is 0 Å². The molecule has 0 fully saturated rings. The molecule has 5 heteroatoms. The number of hydrogen-bond acceptors (Lipinski definition) is 2. The first-order chi connectivity index (χ1) is 6.91. The molecule has 1 atom stereocenters. The summed E-state index contributed by atoms with van der Waals surface area (Å²) in [5.74, 6) is -0.991. The van der Waals surface area contributed by atoms with E-state index in [1.165, 1.54) is 6.07 Å². The van der Waals surface area contributed by atoms with Crippen molar-refractivity contribution in [3.05, 3.63) is 33.8 Å². The van der Waals surface area contributed by atoms with E-state index < -0.39 is 11.5 Å². The molecule has 0 heterocycles. The highest BCUT2D eigenvalue weighted by atomic mass is 35.5. The normalized spacial score (nSPS) is 14.7. The minimum absolute atomic E-state index is 0.335. The lowest BCUT2D eigenvalue weighted by Crippen LogP contribution is -2.44. The van der Waals surface area contributed by atoms with Gasteiger partial charge in [0.2, 0.25) is 0 Å². The van der Waals surface area contributed by atoms with Gasteiger partial charge in [0.25, 0.3) is 0 Å². The third-order valence-electron chi connectivity index (χ3n) is 2.40. The van der Waals surface area contributed by atoms with Gasteiger partial charge in [0.15, 0.2) is 0 Å². The number of aliphatic carboxylic acids is 1. The maximum atomic E-state index is 11.1. The van der Waals surface area contributed by atoms with Crippen LogP contribution in [0.2, 0.25) is 10.0 Å². The Kier molecular flexibility index (Phi) is 3.60. The zero-order valence-corrected chi connectivity index (χ0v) is 9.86. The summed E-state index contributed by atoms with van der Waals surface area (Å²) in [5.41, 5.74) is -0.717. The van der Waals surface area contributed by atoms with Crippen molar-refractivity contribution in [2.24, 2.45) is 0 Å². The highest BCUT2D eigenvalue weighted by molar-refractivity contribution is 6.35. The lowest BCUT2D eigenvalue weighted by Gasteiger charge is -2.25. The Balaban J connectivity index is 3.30. The first-order valence-corrected chi connectivity index (χ1v) is 5.05. The zero-order valence-electron chi connectivity index (χ0n) is 8.34. The summed E-state index contributed by atoms with van der Waals surface area (Å²) >= 11 is 11.7. The van der Waals surface area contributed by atoms with Gasteiger partial charge in [-0.2, -0.15) is 0 Å². The van der Waals surface area contributed by atoms with E-state index in [-0.39, 0.29) is 0 Å². The van der Waals surface area contributed by atoms with Crippen molar-refractivity contribution in [1.29, 1.82) is 0 Å². The van der Waals surface area contributed by atoms with E-state index in [2.05, 4.69) is 5.32 Å². The maximum absolute atomic E-state index is 11.1.